The number of nitrogens with zero attached hydrogens (tertiary/aromatic N) is 2. The van der Waals surface area contributed by atoms with E-state index in [0.29, 0.717) is 23.3 Å². The van der Waals surface area contributed by atoms with Crippen LogP contribution >= 0.6 is 47.3 Å². The Bertz CT molecular complexity index is 767. The molecule has 0 spiro atoms. The molecule has 0 amide bonds. The number of ether oxygens (including phenoxy) is 1. The van der Waals surface area contributed by atoms with Gasteiger partial charge in [-0.15, -0.1) is 24.0 Å². The second kappa shape index (κ2) is 10.9. The van der Waals surface area contributed by atoms with Crippen molar-refractivity contribution in [2.75, 3.05) is 41.9 Å². The van der Waals surface area contributed by atoms with Gasteiger partial charge in [0.15, 0.2) is 5.96 Å². The van der Waals surface area contributed by atoms with Gasteiger partial charge in [0.05, 0.1) is 18.7 Å². The molecule has 5 nitrogen and oxygen atoms in total. The molecular weight excluding hydrogens is 495 g/mol. The molecule has 0 aromatic heterocycles. The highest BCUT2D eigenvalue weighted by Crippen LogP contribution is 2.27. The normalized spacial score (nSPS) is 14.4. The first kappa shape index (κ1) is 22.0. The largest absolute Gasteiger partial charge is 0.495 e. The molecule has 1 aliphatic rings. The molecule has 0 saturated carbocycles. The summed E-state index contributed by atoms with van der Waals surface area (Å²) in [7, 11) is 1.58. The number of guanidine groups is 1. The fourth-order valence-electron chi connectivity index (χ4n) is 2.74. The van der Waals surface area contributed by atoms with Crippen LogP contribution < -0.4 is 20.7 Å². The first-order valence-corrected chi connectivity index (χ1v) is 10.0. The molecule has 3 rings (SSSR count). The van der Waals surface area contributed by atoms with Crippen LogP contribution in [0.5, 0.6) is 5.75 Å². The third-order valence-corrected chi connectivity index (χ3v) is 5.41. The van der Waals surface area contributed by atoms with E-state index in [-0.39, 0.29) is 24.0 Å². The first-order valence-electron chi connectivity index (χ1n) is 8.48. The molecule has 1 saturated heterocycles. The number of methoxy groups -OCH3 is 1. The van der Waals surface area contributed by atoms with Gasteiger partial charge in [-0.05, 0) is 35.9 Å². The number of anilines is 2. The van der Waals surface area contributed by atoms with Gasteiger partial charge in [0.25, 0.3) is 0 Å². The molecule has 0 unspecified atom stereocenters. The Balaban J connectivity index is 0.00000261. The number of halogens is 2. The van der Waals surface area contributed by atoms with Crippen molar-refractivity contribution in [1.29, 1.82) is 0 Å². The fraction of sp³-hybridized carbons (Fsp3) is 0.316. The monoisotopic (exact) mass is 518 g/mol. The van der Waals surface area contributed by atoms with E-state index < -0.39 is 0 Å². The van der Waals surface area contributed by atoms with E-state index in [1.54, 1.807) is 19.2 Å². The van der Waals surface area contributed by atoms with E-state index in [1.807, 2.05) is 17.8 Å². The van der Waals surface area contributed by atoms with E-state index in [0.717, 1.165) is 24.3 Å². The Morgan fingerprint density at radius 3 is 2.56 bits per heavy atom. The van der Waals surface area contributed by atoms with Crippen LogP contribution in [0.25, 0.3) is 0 Å². The van der Waals surface area contributed by atoms with Crippen molar-refractivity contribution in [1.82, 2.24) is 0 Å². The smallest absolute Gasteiger partial charge is 0.193 e. The molecule has 0 bridgehead atoms. The lowest BCUT2D eigenvalue weighted by atomic mass is 10.2. The number of benzene rings is 2. The van der Waals surface area contributed by atoms with Crippen LogP contribution in [0.15, 0.2) is 47.5 Å². The molecule has 2 aromatic carbocycles. The van der Waals surface area contributed by atoms with Gasteiger partial charge in [0.1, 0.15) is 5.75 Å². The summed E-state index contributed by atoms with van der Waals surface area (Å²) in [6, 6.07) is 13.9. The van der Waals surface area contributed by atoms with Gasteiger partial charge >= 0.3 is 0 Å². The van der Waals surface area contributed by atoms with Crippen LogP contribution in [-0.2, 0) is 6.54 Å². The summed E-state index contributed by atoms with van der Waals surface area (Å²) < 4.78 is 5.14. The third kappa shape index (κ3) is 6.36. The number of thioether (sulfide) groups is 1. The Hall–Kier alpha value is -1.32. The molecular formula is C19H24ClIN4OS. The minimum atomic E-state index is 0. The summed E-state index contributed by atoms with van der Waals surface area (Å²) in [5.74, 6) is 3.37. The molecule has 8 heteroatoms. The van der Waals surface area contributed by atoms with Crippen molar-refractivity contribution in [2.45, 2.75) is 6.54 Å². The highest BCUT2D eigenvalue weighted by Gasteiger charge is 2.10. The summed E-state index contributed by atoms with van der Waals surface area (Å²) in [5.41, 5.74) is 9.15. The summed E-state index contributed by atoms with van der Waals surface area (Å²) in [6.45, 7) is 2.76. The summed E-state index contributed by atoms with van der Waals surface area (Å²) in [6.07, 6.45) is 0. The van der Waals surface area contributed by atoms with Crippen LogP contribution in [0, 0.1) is 0 Å². The van der Waals surface area contributed by atoms with Gasteiger partial charge in [-0.25, -0.2) is 4.99 Å². The molecule has 3 N–H and O–H groups in total. The average molecular weight is 519 g/mol. The van der Waals surface area contributed by atoms with Crippen molar-refractivity contribution >= 4 is 64.7 Å². The van der Waals surface area contributed by atoms with Crippen molar-refractivity contribution in [3.8, 4) is 5.75 Å². The summed E-state index contributed by atoms with van der Waals surface area (Å²) in [4.78, 5) is 6.82. The Labute approximate surface area is 186 Å². The highest BCUT2D eigenvalue weighted by molar-refractivity contribution is 14.0. The molecule has 146 valence electrons. The van der Waals surface area contributed by atoms with Gasteiger partial charge in [-0.1, -0.05) is 23.7 Å². The van der Waals surface area contributed by atoms with E-state index in [2.05, 4.69) is 39.5 Å². The Morgan fingerprint density at radius 1 is 1.22 bits per heavy atom. The van der Waals surface area contributed by atoms with Crippen LogP contribution in [0.3, 0.4) is 0 Å². The number of nitrogens with two attached hydrogens (primary N) is 1. The van der Waals surface area contributed by atoms with Crippen LogP contribution in [-0.4, -0.2) is 37.7 Å². The van der Waals surface area contributed by atoms with Crippen molar-refractivity contribution in [2.24, 2.45) is 10.7 Å². The van der Waals surface area contributed by atoms with Gasteiger partial charge < -0.3 is 20.7 Å². The zero-order chi connectivity index (χ0) is 18.4. The number of rotatable bonds is 5. The molecule has 2 aromatic rings. The molecule has 0 aliphatic carbocycles. The predicted octanol–water partition coefficient (Wildman–Crippen LogP) is 4.45. The van der Waals surface area contributed by atoms with E-state index in [1.165, 1.54) is 17.2 Å². The van der Waals surface area contributed by atoms with Crippen LogP contribution in [0.4, 0.5) is 11.4 Å². The van der Waals surface area contributed by atoms with Gasteiger partial charge in [-0.2, -0.15) is 11.8 Å². The van der Waals surface area contributed by atoms with Crippen molar-refractivity contribution < 1.29 is 4.74 Å². The van der Waals surface area contributed by atoms with Crippen molar-refractivity contribution in [3.63, 3.8) is 0 Å². The number of aliphatic imine (C=N–C) groups is 1. The van der Waals surface area contributed by atoms with Gasteiger partial charge in [0, 0.05) is 36.0 Å². The van der Waals surface area contributed by atoms with Crippen molar-refractivity contribution in [3.05, 3.63) is 53.1 Å². The third-order valence-electron chi connectivity index (χ3n) is 4.17. The number of nitrogens with one attached hydrogen (secondary N) is 1. The zero-order valence-corrected chi connectivity index (χ0v) is 19.1. The minimum Gasteiger partial charge on any atom is -0.495 e. The first-order chi connectivity index (χ1) is 12.7. The second-order valence-electron chi connectivity index (χ2n) is 5.94. The standard InChI is InChI=1S/C19H23ClN4OS.HI/c1-25-18-7-4-15(12-17(18)20)23-19(21)22-13-14-2-5-16(6-3-14)24-8-10-26-11-9-24;/h2-7,12H,8-11,13H2,1H3,(H3,21,22,23);1H. The quantitative estimate of drug-likeness (QED) is 0.348. The number of hydrogen-bond acceptors (Lipinski definition) is 4. The molecule has 0 atom stereocenters. The topological polar surface area (TPSA) is 62.9 Å². The van der Waals surface area contributed by atoms with Crippen LogP contribution in [0.1, 0.15) is 5.56 Å². The molecule has 1 fully saturated rings. The predicted molar refractivity (Wildman–Crippen MR) is 128 cm³/mol. The maximum absolute atomic E-state index is 6.11. The molecule has 1 heterocycles. The SMILES string of the molecule is COc1ccc(NC(N)=NCc2ccc(N3CCSCC3)cc2)cc1Cl.I. The summed E-state index contributed by atoms with van der Waals surface area (Å²) >= 11 is 8.13. The lowest BCUT2D eigenvalue weighted by Crippen LogP contribution is -2.32. The second-order valence-corrected chi connectivity index (χ2v) is 7.57. The molecule has 1 aliphatic heterocycles. The van der Waals surface area contributed by atoms with E-state index >= 15 is 0 Å². The fourth-order valence-corrected chi connectivity index (χ4v) is 3.90. The Morgan fingerprint density at radius 2 is 1.93 bits per heavy atom. The highest BCUT2D eigenvalue weighted by atomic mass is 127. The van der Waals surface area contributed by atoms with Crippen LogP contribution in [0.2, 0.25) is 5.02 Å². The minimum absolute atomic E-state index is 0. The average Bonchev–Trinajstić information content (AvgIpc) is 2.68. The molecule has 27 heavy (non-hydrogen) atoms. The van der Waals surface area contributed by atoms with Gasteiger partial charge in [-0.3, -0.25) is 0 Å². The molecule has 0 radical (unpaired) electrons. The maximum atomic E-state index is 6.11. The Kier molecular flexibility index (Phi) is 8.85. The van der Waals surface area contributed by atoms with Gasteiger partial charge in [0.2, 0.25) is 0 Å². The lowest BCUT2D eigenvalue weighted by Gasteiger charge is -2.28. The zero-order valence-electron chi connectivity index (χ0n) is 15.2. The number of hydrogen-bond donors (Lipinski definition) is 2. The lowest BCUT2D eigenvalue weighted by molar-refractivity contribution is 0.415. The summed E-state index contributed by atoms with van der Waals surface area (Å²) in [5, 5.41) is 3.57. The van der Waals surface area contributed by atoms with E-state index in [9.17, 15) is 0 Å². The maximum Gasteiger partial charge on any atom is 0.193 e. The van der Waals surface area contributed by atoms with E-state index in [4.69, 9.17) is 22.1 Å².